The zero-order chi connectivity index (χ0) is 13.8. The number of hydrogen-bond donors (Lipinski definition) is 3. The Labute approximate surface area is 110 Å². The molecule has 2 amide bonds. The van der Waals surface area contributed by atoms with Gasteiger partial charge in [0.1, 0.15) is 5.82 Å². The fourth-order valence-corrected chi connectivity index (χ4v) is 1.66. The second-order valence-electron chi connectivity index (χ2n) is 4.56. The van der Waals surface area contributed by atoms with E-state index >= 15 is 0 Å². The normalized spacial score (nSPS) is 13.9. The van der Waals surface area contributed by atoms with Gasteiger partial charge in [0.2, 0.25) is 5.91 Å². The second-order valence-corrected chi connectivity index (χ2v) is 4.56. The van der Waals surface area contributed by atoms with Gasteiger partial charge in [0.25, 0.3) is 5.91 Å². The fourth-order valence-electron chi connectivity index (χ4n) is 1.66. The number of rotatable bonds is 5. The first kappa shape index (κ1) is 13.3. The minimum absolute atomic E-state index is 0.0212. The van der Waals surface area contributed by atoms with Crippen LogP contribution in [0.4, 0.5) is 10.1 Å². The first-order valence-electron chi connectivity index (χ1n) is 6.19. The standard InChI is InChI=1S/C13H16FN3O2/c14-11-7-9(15)3-4-10(11)13(19)17-6-5-16-12(18)8-1-2-8/h3-4,7-8H,1-2,5-6,15H2,(H,16,18)(H,17,19). The van der Waals surface area contributed by atoms with Crippen LogP contribution in [0.25, 0.3) is 0 Å². The zero-order valence-corrected chi connectivity index (χ0v) is 10.4. The highest BCUT2D eigenvalue weighted by atomic mass is 19.1. The number of amides is 2. The van der Waals surface area contributed by atoms with Crippen LogP contribution in [0.15, 0.2) is 18.2 Å². The maximum atomic E-state index is 13.4. The van der Waals surface area contributed by atoms with Gasteiger partial charge in [-0.15, -0.1) is 0 Å². The molecule has 0 aliphatic heterocycles. The van der Waals surface area contributed by atoms with E-state index in [4.69, 9.17) is 5.73 Å². The van der Waals surface area contributed by atoms with Crippen molar-refractivity contribution < 1.29 is 14.0 Å². The van der Waals surface area contributed by atoms with Gasteiger partial charge in [-0.25, -0.2) is 4.39 Å². The molecule has 0 atom stereocenters. The number of nitrogens with one attached hydrogen (secondary N) is 2. The van der Waals surface area contributed by atoms with Crippen LogP contribution in [0.2, 0.25) is 0 Å². The molecule has 2 rings (SSSR count). The largest absolute Gasteiger partial charge is 0.399 e. The molecule has 1 saturated carbocycles. The quantitative estimate of drug-likeness (QED) is 0.540. The lowest BCUT2D eigenvalue weighted by Crippen LogP contribution is -2.35. The van der Waals surface area contributed by atoms with Gasteiger partial charge < -0.3 is 16.4 Å². The van der Waals surface area contributed by atoms with E-state index in [1.807, 2.05) is 0 Å². The number of carbonyl (C=O) groups is 2. The summed E-state index contributed by atoms with van der Waals surface area (Å²) in [5.74, 6) is -1.00. The Bertz CT molecular complexity index is 501. The number of halogens is 1. The molecule has 0 aromatic heterocycles. The molecule has 0 heterocycles. The molecule has 0 saturated heterocycles. The lowest BCUT2D eigenvalue weighted by atomic mass is 10.2. The Morgan fingerprint density at radius 2 is 1.95 bits per heavy atom. The second kappa shape index (κ2) is 5.69. The summed E-state index contributed by atoms with van der Waals surface area (Å²) in [6.45, 7) is 0.610. The van der Waals surface area contributed by atoms with E-state index in [1.54, 1.807) is 0 Å². The first-order chi connectivity index (χ1) is 9.08. The molecule has 102 valence electrons. The molecule has 0 bridgehead atoms. The Morgan fingerprint density at radius 1 is 1.26 bits per heavy atom. The van der Waals surface area contributed by atoms with E-state index in [0.29, 0.717) is 6.54 Å². The molecule has 1 aliphatic rings. The monoisotopic (exact) mass is 265 g/mol. The van der Waals surface area contributed by atoms with Gasteiger partial charge in [-0.05, 0) is 31.0 Å². The van der Waals surface area contributed by atoms with Crippen LogP contribution in [0.5, 0.6) is 0 Å². The van der Waals surface area contributed by atoms with Crippen molar-refractivity contribution in [1.82, 2.24) is 10.6 Å². The van der Waals surface area contributed by atoms with Gasteiger partial charge in [-0.1, -0.05) is 0 Å². The molecule has 1 aromatic carbocycles. The molecule has 4 N–H and O–H groups in total. The smallest absolute Gasteiger partial charge is 0.254 e. The van der Waals surface area contributed by atoms with Crippen LogP contribution in [0.1, 0.15) is 23.2 Å². The van der Waals surface area contributed by atoms with Crippen LogP contribution < -0.4 is 16.4 Å². The van der Waals surface area contributed by atoms with Crippen molar-refractivity contribution in [1.29, 1.82) is 0 Å². The number of benzene rings is 1. The third-order valence-corrected chi connectivity index (χ3v) is 2.90. The Hall–Kier alpha value is -2.11. The van der Waals surface area contributed by atoms with Crippen LogP contribution in [0, 0.1) is 11.7 Å². The third-order valence-electron chi connectivity index (χ3n) is 2.90. The van der Waals surface area contributed by atoms with Crippen molar-refractivity contribution in [2.45, 2.75) is 12.8 Å². The fraction of sp³-hybridized carbons (Fsp3) is 0.385. The van der Waals surface area contributed by atoms with Crippen LogP contribution in [-0.2, 0) is 4.79 Å². The number of nitrogens with two attached hydrogens (primary N) is 1. The van der Waals surface area contributed by atoms with Gasteiger partial charge in [0.05, 0.1) is 5.56 Å². The number of hydrogen-bond acceptors (Lipinski definition) is 3. The van der Waals surface area contributed by atoms with Crippen LogP contribution >= 0.6 is 0 Å². The predicted octanol–water partition coefficient (Wildman–Crippen LogP) is 0.664. The van der Waals surface area contributed by atoms with Crippen LogP contribution in [0.3, 0.4) is 0 Å². The van der Waals surface area contributed by atoms with Crippen molar-refractivity contribution in [3.63, 3.8) is 0 Å². The summed E-state index contributed by atoms with van der Waals surface area (Å²) in [4.78, 5) is 23.0. The van der Waals surface area contributed by atoms with E-state index in [0.717, 1.165) is 18.9 Å². The van der Waals surface area contributed by atoms with Gasteiger partial charge in [0, 0.05) is 24.7 Å². The molecular formula is C13H16FN3O2. The van der Waals surface area contributed by atoms with Crippen molar-refractivity contribution in [2.75, 3.05) is 18.8 Å². The van der Waals surface area contributed by atoms with Crippen molar-refractivity contribution in [2.24, 2.45) is 5.92 Å². The lowest BCUT2D eigenvalue weighted by molar-refractivity contribution is -0.122. The van der Waals surface area contributed by atoms with E-state index in [-0.39, 0.29) is 29.6 Å². The summed E-state index contributed by atoms with van der Waals surface area (Å²) in [5, 5.41) is 5.25. The molecule has 19 heavy (non-hydrogen) atoms. The van der Waals surface area contributed by atoms with E-state index in [2.05, 4.69) is 10.6 Å². The Morgan fingerprint density at radius 3 is 2.58 bits per heavy atom. The first-order valence-corrected chi connectivity index (χ1v) is 6.19. The summed E-state index contributed by atoms with van der Waals surface area (Å²) in [6, 6.07) is 3.90. The summed E-state index contributed by atoms with van der Waals surface area (Å²) in [5.41, 5.74) is 5.61. The molecule has 0 radical (unpaired) electrons. The van der Waals surface area contributed by atoms with Gasteiger partial charge in [-0.3, -0.25) is 9.59 Å². The lowest BCUT2D eigenvalue weighted by Gasteiger charge is -2.07. The molecule has 1 aromatic rings. The Kier molecular flexibility index (Phi) is 3.99. The maximum Gasteiger partial charge on any atom is 0.254 e. The van der Waals surface area contributed by atoms with E-state index < -0.39 is 11.7 Å². The molecule has 0 unspecified atom stereocenters. The summed E-state index contributed by atoms with van der Waals surface area (Å²) < 4.78 is 13.4. The van der Waals surface area contributed by atoms with Crippen molar-refractivity contribution >= 4 is 17.5 Å². The molecule has 0 spiro atoms. The highest BCUT2D eigenvalue weighted by molar-refractivity contribution is 5.94. The molecule has 6 heteroatoms. The van der Waals surface area contributed by atoms with Crippen LogP contribution in [-0.4, -0.2) is 24.9 Å². The SMILES string of the molecule is Nc1ccc(C(=O)NCCNC(=O)C2CC2)c(F)c1. The summed E-state index contributed by atoms with van der Waals surface area (Å²) in [7, 11) is 0. The average Bonchev–Trinajstić information content (AvgIpc) is 3.18. The average molecular weight is 265 g/mol. The number of nitrogen functional groups attached to an aromatic ring is 1. The van der Waals surface area contributed by atoms with E-state index in [1.165, 1.54) is 12.1 Å². The topological polar surface area (TPSA) is 84.2 Å². The molecule has 5 nitrogen and oxygen atoms in total. The Balaban J connectivity index is 1.75. The van der Waals surface area contributed by atoms with E-state index in [9.17, 15) is 14.0 Å². The predicted molar refractivity (Wildman–Crippen MR) is 68.9 cm³/mol. The summed E-state index contributed by atoms with van der Waals surface area (Å²) >= 11 is 0. The molecule has 1 fully saturated rings. The number of anilines is 1. The third kappa shape index (κ3) is 3.67. The molecular weight excluding hydrogens is 249 g/mol. The minimum atomic E-state index is -0.653. The highest BCUT2D eigenvalue weighted by Crippen LogP contribution is 2.28. The number of carbonyl (C=O) groups excluding carboxylic acids is 2. The minimum Gasteiger partial charge on any atom is -0.399 e. The highest BCUT2D eigenvalue weighted by Gasteiger charge is 2.28. The maximum absolute atomic E-state index is 13.4. The molecule has 1 aliphatic carbocycles. The van der Waals surface area contributed by atoms with Gasteiger partial charge in [0.15, 0.2) is 0 Å². The zero-order valence-electron chi connectivity index (χ0n) is 10.4. The van der Waals surface area contributed by atoms with Crippen molar-refractivity contribution in [3.8, 4) is 0 Å². The summed E-state index contributed by atoms with van der Waals surface area (Å²) in [6.07, 6.45) is 1.88. The van der Waals surface area contributed by atoms with Crippen molar-refractivity contribution in [3.05, 3.63) is 29.6 Å². The van der Waals surface area contributed by atoms with Gasteiger partial charge in [-0.2, -0.15) is 0 Å². The van der Waals surface area contributed by atoms with Gasteiger partial charge >= 0.3 is 0 Å².